The van der Waals surface area contributed by atoms with Crippen LogP contribution in [0.4, 0.5) is 9.59 Å². The number of unbranched alkanes of at least 4 members (excludes halogenated alkanes) is 2. The van der Waals surface area contributed by atoms with Crippen molar-refractivity contribution < 1.29 is 48.3 Å². The van der Waals surface area contributed by atoms with E-state index in [-0.39, 0.29) is 57.2 Å². The molecule has 1 aliphatic heterocycles. The van der Waals surface area contributed by atoms with Crippen molar-refractivity contribution in [2.75, 3.05) is 53.2 Å². The van der Waals surface area contributed by atoms with Gasteiger partial charge in [-0.3, -0.25) is 0 Å². The Morgan fingerprint density at radius 1 is 1.05 bits per heavy atom. The van der Waals surface area contributed by atoms with E-state index in [1.165, 1.54) is 4.90 Å². The van der Waals surface area contributed by atoms with Crippen LogP contribution in [0.25, 0.3) is 0 Å². The second-order valence-corrected chi connectivity index (χ2v) is 14.4. The van der Waals surface area contributed by atoms with E-state index in [0.717, 1.165) is 42.4 Å². The number of rotatable bonds is 21. The summed E-state index contributed by atoms with van der Waals surface area (Å²) in [4.78, 5) is 33.8. The lowest BCUT2D eigenvalue weighted by molar-refractivity contribution is -0.253. The minimum absolute atomic E-state index is 0.0224. The minimum Gasteiger partial charge on any atom is -0.459 e. The molecule has 6 unspecified atom stereocenters. The molecule has 2 aromatic carbocycles. The van der Waals surface area contributed by atoms with Gasteiger partial charge in [-0.05, 0) is 80.7 Å². The summed E-state index contributed by atoms with van der Waals surface area (Å²) < 4.78 is 31.2. The fourth-order valence-corrected chi connectivity index (χ4v) is 8.40. The van der Waals surface area contributed by atoms with Gasteiger partial charge < -0.3 is 49.0 Å². The molecule has 3 aliphatic rings. The molecular weight excluding hydrogens is 718 g/mol. The number of benzene rings is 2. The summed E-state index contributed by atoms with van der Waals surface area (Å²) in [6.07, 6.45) is 7.52. The molecule has 1 saturated carbocycles. The van der Waals surface area contributed by atoms with Gasteiger partial charge in [-0.25, -0.2) is 9.59 Å². The van der Waals surface area contributed by atoms with Gasteiger partial charge in [0.2, 0.25) is 5.79 Å². The molecule has 306 valence electrons. The van der Waals surface area contributed by atoms with Gasteiger partial charge >= 0.3 is 12.2 Å². The summed E-state index contributed by atoms with van der Waals surface area (Å²) in [5.41, 5.74) is 3.46. The third kappa shape index (κ3) is 10.1. The summed E-state index contributed by atoms with van der Waals surface area (Å²) in [7, 11) is 1.68. The zero-order valence-electron chi connectivity index (χ0n) is 33.0. The van der Waals surface area contributed by atoms with Crippen molar-refractivity contribution in [2.45, 2.75) is 83.1 Å². The number of hydrogen-bond donors (Lipinski definition) is 3. The molecule has 0 aromatic heterocycles. The topological polar surface area (TPSA) is 158 Å². The van der Waals surface area contributed by atoms with Crippen molar-refractivity contribution in [3.63, 3.8) is 0 Å². The molecule has 3 N–H and O–H groups in total. The highest BCUT2D eigenvalue weighted by molar-refractivity contribution is 6.02. The third-order valence-electron chi connectivity index (χ3n) is 10.8. The number of allylic oxidation sites excluding steroid dienone is 1. The minimum atomic E-state index is -1.42. The Labute approximate surface area is 330 Å². The quantitative estimate of drug-likeness (QED) is 0.0705. The number of nitrogens with one attached hydrogen (secondary N) is 1. The van der Waals surface area contributed by atoms with Gasteiger partial charge in [0, 0.05) is 44.7 Å². The first-order valence-electron chi connectivity index (χ1n) is 20.0. The normalized spacial score (nSPS) is 24.2. The lowest BCUT2D eigenvalue weighted by atomic mass is 9.55. The Bertz CT molecular complexity index is 1650. The zero-order chi connectivity index (χ0) is 39.9. The molecule has 2 aliphatic carbocycles. The standard InChI is InChI=1S/C43H59N3O10/c1-5-23-53-43-38(46(4)42(50)52-25-24-51-29-30-15-9-8-10-16-30)28-36(45-54-7-3)34-26-31(17-11-13-21-47)33(18-12-14-22-48)39(40(34)43)35-27-32(19-20-37(35)56-43)55-41(49)44-6-2/h5,8-10,15-16,19-20,26-27,31,33,38-40,47-48H,1,6-7,11-14,17-18,21-25,28-29H2,2-4H3,(H,44,49). The number of ether oxygens (including phenoxy) is 5. The van der Waals surface area contributed by atoms with E-state index < -0.39 is 29.9 Å². The van der Waals surface area contributed by atoms with Gasteiger partial charge in [0.15, 0.2) is 0 Å². The number of nitrogens with zero attached hydrogens (tertiary/aromatic N) is 2. The van der Waals surface area contributed by atoms with Crippen LogP contribution in [0.15, 0.2) is 78.0 Å². The fourth-order valence-electron chi connectivity index (χ4n) is 8.40. The van der Waals surface area contributed by atoms with Crippen LogP contribution in [0.1, 0.15) is 75.8 Å². The van der Waals surface area contributed by atoms with Gasteiger partial charge in [0.1, 0.15) is 30.8 Å². The van der Waals surface area contributed by atoms with E-state index in [0.29, 0.717) is 49.8 Å². The Kier molecular flexibility index (Phi) is 16.2. The summed E-state index contributed by atoms with van der Waals surface area (Å²) in [6, 6.07) is 14.4. The summed E-state index contributed by atoms with van der Waals surface area (Å²) in [6.45, 7) is 9.36. The molecule has 13 nitrogen and oxygen atoms in total. The molecule has 0 spiro atoms. The van der Waals surface area contributed by atoms with Crippen molar-refractivity contribution in [2.24, 2.45) is 22.9 Å². The van der Waals surface area contributed by atoms with Crippen LogP contribution >= 0.6 is 0 Å². The lowest BCUT2D eigenvalue weighted by Gasteiger charge is -2.59. The molecular formula is C43H59N3O10. The molecule has 5 rings (SSSR count). The number of aliphatic hydroxyl groups is 2. The summed E-state index contributed by atoms with van der Waals surface area (Å²) >= 11 is 0. The van der Waals surface area contributed by atoms with Gasteiger partial charge in [0.25, 0.3) is 0 Å². The predicted octanol–water partition coefficient (Wildman–Crippen LogP) is 6.73. The van der Waals surface area contributed by atoms with Gasteiger partial charge in [-0.15, -0.1) is 6.58 Å². The monoisotopic (exact) mass is 777 g/mol. The van der Waals surface area contributed by atoms with Crippen molar-refractivity contribution in [1.82, 2.24) is 10.2 Å². The SMILES string of the molecule is C=CCOC12Oc3ccc(OC(=O)NCC)cc3C3C(CCCCO)C(CCCCO)C=C(C(=NOCC)CC1N(C)C(=O)OCCOCc1ccccc1)C32. The van der Waals surface area contributed by atoms with Crippen LogP contribution in [0.2, 0.25) is 0 Å². The van der Waals surface area contributed by atoms with E-state index in [4.69, 9.17) is 28.5 Å². The highest BCUT2D eigenvalue weighted by Gasteiger charge is 2.65. The van der Waals surface area contributed by atoms with Crippen molar-refractivity contribution in [1.29, 1.82) is 0 Å². The third-order valence-corrected chi connectivity index (χ3v) is 10.8. The Morgan fingerprint density at radius 3 is 2.54 bits per heavy atom. The Balaban J connectivity index is 1.59. The maximum absolute atomic E-state index is 13.9. The molecule has 13 heteroatoms. The van der Waals surface area contributed by atoms with E-state index in [1.807, 2.05) is 50.2 Å². The van der Waals surface area contributed by atoms with Crippen LogP contribution in [0.5, 0.6) is 11.5 Å². The number of amides is 2. The first-order valence-corrected chi connectivity index (χ1v) is 20.0. The van der Waals surface area contributed by atoms with Crippen LogP contribution in [-0.2, 0) is 25.7 Å². The highest BCUT2D eigenvalue weighted by Crippen LogP contribution is 2.61. The van der Waals surface area contributed by atoms with E-state index in [1.54, 1.807) is 25.3 Å². The molecule has 56 heavy (non-hydrogen) atoms. The van der Waals surface area contributed by atoms with Gasteiger partial charge in [0.05, 0.1) is 31.5 Å². The van der Waals surface area contributed by atoms with Crippen LogP contribution in [0.3, 0.4) is 0 Å². The molecule has 2 aromatic rings. The molecule has 1 heterocycles. The van der Waals surface area contributed by atoms with Crippen LogP contribution in [0, 0.1) is 17.8 Å². The number of hydrogen-bond acceptors (Lipinski definition) is 11. The molecule has 6 atom stereocenters. The maximum Gasteiger partial charge on any atom is 0.412 e. The molecule has 0 radical (unpaired) electrons. The zero-order valence-corrected chi connectivity index (χ0v) is 33.0. The first-order chi connectivity index (χ1) is 27.3. The van der Waals surface area contributed by atoms with E-state index in [9.17, 15) is 19.8 Å². The molecule has 0 bridgehead atoms. The largest absolute Gasteiger partial charge is 0.459 e. The Morgan fingerprint density at radius 2 is 1.82 bits per heavy atom. The molecule has 2 amide bonds. The average Bonchev–Trinajstić information content (AvgIpc) is 3.20. The summed E-state index contributed by atoms with van der Waals surface area (Å²) in [5, 5.41) is 26.9. The number of oxime groups is 1. The second-order valence-electron chi connectivity index (χ2n) is 14.4. The van der Waals surface area contributed by atoms with Crippen molar-refractivity contribution in [3.8, 4) is 11.5 Å². The summed E-state index contributed by atoms with van der Waals surface area (Å²) in [5.74, 6) is -1.18. The van der Waals surface area contributed by atoms with Gasteiger partial charge in [-0.1, -0.05) is 60.5 Å². The number of carbonyl (C=O) groups is 2. The fraction of sp³-hybridized carbons (Fsp3) is 0.558. The number of aliphatic hydroxyl groups excluding tert-OH is 2. The van der Waals surface area contributed by atoms with E-state index in [2.05, 4.69) is 23.1 Å². The second kappa shape index (κ2) is 21.2. The Hall–Kier alpha value is -4.43. The van der Waals surface area contributed by atoms with Crippen molar-refractivity contribution >= 4 is 17.9 Å². The smallest absolute Gasteiger partial charge is 0.412 e. The van der Waals surface area contributed by atoms with E-state index >= 15 is 0 Å². The lowest BCUT2D eigenvalue weighted by Crippen LogP contribution is -2.69. The molecule has 0 saturated heterocycles. The van der Waals surface area contributed by atoms with Crippen LogP contribution in [-0.4, -0.2) is 98.1 Å². The number of fused-ring (bicyclic) bond motifs is 2. The van der Waals surface area contributed by atoms with Crippen LogP contribution < -0.4 is 14.8 Å². The first kappa shape index (κ1) is 42.7. The number of carbonyl (C=O) groups excluding carboxylic acids is 2. The number of likely N-dealkylation sites (N-methyl/N-ethyl adjacent to an activating group) is 1. The average molecular weight is 778 g/mol. The maximum atomic E-state index is 13.9. The highest BCUT2D eigenvalue weighted by atomic mass is 16.7. The predicted molar refractivity (Wildman–Crippen MR) is 211 cm³/mol. The van der Waals surface area contributed by atoms with Crippen molar-refractivity contribution in [3.05, 3.63) is 84.0 Å². The van der Waals surface area contributed by atoms with Gasteiger partial charge in [-0.2, -0.15) is 0 Å². The molecule has 1 fully saturated rings.